The predicted octanol–water partition coefficient (Wildman–Crippen LogP) is 1.89. The highest BCUT2D eigenvalue weighted by molar-refractivity contribution is 8.26. The first-order chi connectivity index (χ1) is 9.97. The first-order valence-electron chi connectivity index (χ1n) is 5.71. The van der Waals surface area contributed by atoms with Gasteiger partial charge in [-0.25, -0.2) is 4.79 Å². The number of ether oxygens (including phenoxy) is 2. The van der Waals surface area contributed by atoms with Gasteiger partial charge in [0, 0.05) is 0 Å². The quantitative estimate of drug-likeness (QED) is 0.646. The number of aromatic carboxylic acids is 1. The van der Waals surface area contributed by atoms with Gasteiger partial charge in [-0.2, -0.15) is 0 Å². The van der Waals surface area contributed by atoms with Crippen LogP contribution in [0.3, 0.4) is 0 Å². The molecule has 2 rings (SSSR count). The van der Waals surface area contributed by atoms with Crippen molar-refractivity contribution in [2.45, 2.75) is 0 Å². The molecule has 1 aliphatic rings. The summed E-state index contributed by atoms with van der Waals surface area (Å²) in [5.74, 6) is -1.12. The zero-order valence-corrected chi connectivity index (χ0v) is 12.8. The number of carbonyl (C=O) groups is 2. The first-order valence-corrected chi connectivity index (χ1v) is 6.93. The minimum Gasteiger partial charge on any atom is -0.493 e. The van der Waals surface area contributed by atoms with Gasteiger partial charge in [0.05, 0.1) is 19.1 Å². The number of hydrogen-bond donors (Lipinski definition) is 2. The van der Waals surface area contributed by atoms with E-state index in [2.05, 4.69) is 5.32 Å². The van der Waals surface area contributed by atoms with Crippen molar-refractivity contribution in [1.82, 2.24) is 5.32 Å². The van der Waals surface area contributed by atoms with Gasteiger partial charge in [-0.05, 0) is 17.7 Å². The lowest BCUT2D eigenvalue weighted by Gasteiger charge is -2.12. The molecule has 0 aliphatic carbocycles. The average Bonchev–Trinajstić information content (AvgIpc) is 2.75. The molecule has 0 aromatic heterocycles. The third kappa shape index (κ3) is 3.01. The number of carbonyl (C=O) groups excluding carboxylic acids is 1. The van der Waals surface area contributed by atoms with Crippen LogP contribution in [-0.2, 0) is 4.79 Å². The first kappa shape index (κ1) is 15.3. The zero-order chi connectivity index (χ0) is 15.6. The molecule has 1 heterocycles. The summed E-state index contributed by atoms with van der Waals surface area (Å²) in [7, 11) is 2.77. The van der Waals surface area contributed by atoms with Crippen LogP contribution in [0, 0.1) is 0 Å². The fourth-order valence-corrected chi connectivity index (χ4v) is 2.88. The molecule has 0 spiro atoms. The van der Waals surface area contributed by atoms with Crippen molar-refractivity contribution in [3.63, 3.8) is 0 Å². The van der Waals surface area contributed by atoms with E-state index in [0.29, 0.717) is 20.5 Å². The zero-order valence-electron chi connectivity index (χ0n) is 11.1. The van der Waals surface area contributed by atoms with E-state index in [-0.39, 0.29) is 17.2 Å². The molecule has 110 valence electrons. The molecule has 1 aromatic carbocycles. The van der Waals surface area contributed by atoms with Crippen LogP contribution in [0.5, 0.6) is 11.5 Å². The number of benzene rings is 1. The number of carboxylic acid groups (broad SMARTS) is 1. The van der Waals surface area contributed by atoms with Crippen molar-refractivity contribution in [2.75, 3.05) is 14.2 Å². The minimum absolute atomic E-state index is 0.0735. The molecule has 21 heavy (non-hydrogen) atoms. The molecule has 1 fully saturated rings. The molecule has 0 saturated carbocycles. The fourth-order valence-electron chi connectivity index (χ4n) is 1.85. The van der Waals surface area contributed by atoms with E-state index in [1.165, 1.54) is 20.3 Å². The molecule has 0 bridgehead atoms. The second kappa shape index (κ2) is 6.15. The van der Waals surface area contributed by atoms with E-state index < -0.39 is 5.97 Å². The van der Waals surface area contributed by atoms with Crippen molar-refractivity contribution in [3.8, 4) is 11.5 Å². The van der Waals surface area contributed by atoms with Crippen molar-refractivity contribution in [3.05, 3.63) is 28.2 Å². The number of carboxylic acids is 1. The number of methoxy groups -OCH3 is 2. The van der Waals surface area contributed by atoms with Gasteiger partial charge < -0.3 is 19.9 Å². The Morgan fingerprint density at radius 3 is 2.57 bits per heavy atom. The summed E-state index contributed by atoms with van der Waals surface area (Å²) in [4.78, 5) is 23.5. The minimum atomic E-state index is -1.18. The lowest BCUT2D eigenvalue weighted by molar-refractivity contribution is -0.115. The lowest BCUT2D eigenvalue weighted by atomic mass is 10.0. The normalized spacial score (nSPS) is 16.0. The van der Waals surface area contributed by atoms with E-state index >= 15 is 0 Å². The van der Waals surface area contributed by atoms with Crippen LogP contribution in [0.15, 0.2) is 17.0 Å². The molecule has 1 saturated heterocycles. The monoisotopic (exact) mass is 325 g/mol. The van der Waals surface area contributed by atoms with Crippen LogP contribution in [0.2, 0.25) is 0 Å². The standard InChI is InChI=1S/C13H11NO5S2/c1-18-7-4-3-6(9(12(16)17)10(7)19-2)5-8-11(15)14-13(20)21-8/h3-5H,1-2H3,(H,16,17)(H,14,15,20). The van der Waals surface area contributed by atoms with Gasteiger partial charge >= 0.3 is 5.97 Å². The molecule has 2 N–H and O–H groups in total. The lowest BCUT2D eigenvalue weighted by Crippen LogP contribution is -2.17. The van der Waals surface area contributed by atoms with Crippen molar-refractivity contribution in [1.29, 1.82) is 0 Å². The number of hydrogen-bond acceptors (Lipinski definition) is 6. The van der Waals surface area contributed by atoms with Crippen LogP contribution >= 0.6 is 24.0 Å². The highest BCUT2D eigenvalue weighted by Crippen LogP contribution is 2.36. The Morgan fingerprint density at radius 1 is 1.38 bits per heavy atom. The van der Waals surface area contributed by atoms with Crippen LogP contribution in [0.25, 0.3) is 6.08 Å². The van der Waals surface area contributed by atoms with Crippen LogP contribution in [0.1, 0.15) is 15.9 Å². The number of thioether (sulfide) groups is 1. The maximum Gasteiger partial charge on any atom is 0.340 e. The Hall–Kier alpha value is -2.06. The molecule has 1 aromatic rings. The summed E-state index contributed by atoms with van der Waals surface area (Å²) in [5, 5.41) is 11.9. The van der Waals surface area contributed by atoms with Gasteiger partial charge in [0.15, 0.2) is 11.5 Å². The number of amides is 1. The maximum absolute atomic E-state index is 11.7. The molecule has 1 amide bonds. The molecule has 1 aliphatic heterocycles. The van der Waals surface area contributed by atoms with Crippen molar-refractivity contribution >= 4 is 46.3 Å². The molecular formula is C13H11NO5S2. The number of thiocarbonyl (C=S) groups is 1. The average molecular weight is 325 g/mol. The summed E-state index contributed by atoms with van der Waals surface area (Å²) < 4.78 is 10.5. The predicted molar refractivity (Wildman–Crippen MR) is 82.8 cm³/mol. The molecule has 0 radical (unpaired) electrons. The fraction of sp³-hybridized carbons (Fsp3) is 0.154. The SMILES string of the molecule is COc1ccc(C=C2SC(=S)NC2=O)c(C(=O)O)c1OC. The summed E-state index contributed by atoms with van der Waals surface area (Å²) in [6.45, 7) is 0. The van der Waals surface area contributed by atoms with Gasteiger partial charge in [0.2, 0.25) is 0 Å². The van der Waals surface area contributed by atoms with Gasteiger partial charge in [0.1, 0.15) is 9.88 Å². The largest absolute Gasteiger partial charge is 0.493 e. The Morgan fingerprint density at radius 2 is 2.10 bits per heavy atom. The van der Waals surface area contributed by atoms with Crippen molar-refractivity contribution < 1.29 is 24.2 Å². The summed E-state index contributed by atoms with van der Waals surface area (Å²) in [6, 6.07) is 3.13. The molecule has 8 heteroatoms. The Labute approximate surface area is 130 Å². The second-order valence-corrected chi connectivity index (χ2v) is 5.64. The molecule has 0 atom stereocenters. The van der Waals surface area contributed by atoms with E-state index in [1.807, 2.05) is 0 Å². The highest BCUT2D eigenvalue weighted by atomic mass is 32.2. The third-order valence-corrected chi connectivity index (χ3v) is 3.88. The highest BCUT2D eigenvalue weighted by Gasteiger charge is 2.25. The Bertz CT molecular complexity index is 669. The van der Waals surface area contributed by atoms with E-state index in [9.17, 15) is 14.7 Å². The van der Waals surface area contributed by atoms with Gasteiger partial charge in [0.25, 0.3) is 5.91 Å². The van der Waals surface area contributed by atoms with Crippen LogP contribution in [-0.4, -0.2) is 35.5 Å². The summed E-state index contributed by atoms with van der Waals surface area (Å²) in [5.41, 5.74) is 0.262. The Balaban J connectivity index is 2.59. The van der Waals surface area contributed by atoms with Gasteiger partial charge in [-0.3, -0.25) is 4.79 Å². The summed E-state index contributed by atoms with van der Waals surface area (Å²) >= 11 is 5.97. The number of nitrogens with one attached hydrogen (secondary N) is 1. The van der Waals surface area contributed by atoms with E-state index in [1.54, 1.807) is 12.1 Å². The molecule has 6 nitrogen and oxygen atoms in total. The van der Waals surface area contributed by atoms with E-state index in [0.717, 1.165) is 11.8 Å². The topological polar surface area (TPSA) is 84.9 Å². The smallest absolute Gasteiger partial charge is 0.340 e. The van der Waals surface area contributed by atoms with Gasteiger partial charge in [-0.15, -0.1) is 0 Å². The third-order valence-electron chi connectivity index (χ3n) is 2.72. The maximum atomic E-state index is 11.7. The molecule has 0 unspecified atom stereocenters. The molecular weight excluding hydrogens is 314 g/mol. The van der Waals surface area contributed by atoms with Crippen LogP contribution in [0.4, 0.5) is 0 Å². The second-order valence-electron chi connectivity index (χ2n) is 3.92. The van der Waals surface area contributed by atoms with Gasteiger partial charge in [-0.1, -0.05) is 30.0 Å². The van der Waals surface area contributed by atoms with Crippen molar-refractivity contribution in [2.24, 2.45) is 0 Å². The van der Waals surface area contributed by atoms with E-state index in [4.69, 9.17) is 21.7 Å². The summed E-state index contributed by atoms with van der Waals surface area (Å²) in [6.07, 6.45) is 1.46. The Kier molecular flexibility index (Phi) is 4.49. The van der Waals surface area contributed by atoms with Crippen LogP contribution < -0.4 is 14.8 Å². The number of rotatable bonds is 4.